The molecule has 3 rings (SSSR count). The number of carbonyl (C=O) groups is 1. The summed E-state index contributed by atoms with van der Waals surface area (Å²) in [6.45, 7) is 2.45. The zero-order valence-corrected chi connectivity index (χ0v) is 14.4. The van der Waals surface area contributed by atoms with Crippen LogP contribution < -0.4 is 15.6 Å². The average Bonchev–Trinajstić information content (AvgIpc) is 3.10. The number of nitrogens with one attached hydrogen (secondary N) is 1. The van der Waals surface area contributed by atoms with E-state index < -0.39 is 0 Å². The van der Waals surface area contributed by atoms with Crippen LogP contribution in [0.25, 0.3) is 0 Å². The van der Waals surface area contributed by atoms with Crippen LogP contribution in [-0.2, 0) is 6.54 Å². The highest BCUT2D eigenvalue weighted by Gasteiger charge is 2.17. The molecule has 1 aliphatic carbocycles. The van der Waals surface area contributed by atoms with E-state index in [1.165, 1.54) is 29.7 Å². The molecule has 0 radical (unpaired) electrons. The van der Waals surface area contributed by atoms with Crippen molar-refractivity contribution in [2.45, 2.75) is 51.7 Å². The number of nitrogens with zero attached hydrogens (tertiary/aromatic N) is 2. The van der Waals surface area contributed by atoms with Crippen LogP contribution in [0.15, 0.2) is 41.2 Å². The quantitative estimate of drug-likeness (QED) is 0.875. The Hall–Kier alpha value is -2.63. The number of amides is 1. The fourth-order valence-corrected chi connectivity index (χ4v) is 2.98. The maximum absolute atomic E-state index is 12.4. The first-order chi connectivity index (χ1) is 12.2. The van der Waals surface area contributed by atoms with Gasteiger partial charge in [-0.1, -0.05) is 13.0 Å². The van der Waals surface area contributed by atoms with Gasteiger partial charge in [-0.2, -0.15) is 5.10 Å². The molecule has 0 unspecified atom stereocenters. The Labute approximate surface area is 146 Å². The Morgan fingerprint density at radius 3 is 2.84 bits per heavy atom. The molecule has 0 atom stereocenters. The van der Waals surface area contributed by atoms with Crippen LogP contribution in [0.1, 0.15) is 49.5 Å². The first-order valence-electron chi connectivity index (χ1n) is 8.82. The SMILES string of the molecule is CCCn1nc(C(=O)Nc2cccc(OC3CCCC3)c2)ccc1=O. The molecule has 0 aliphatic heterocycles. The van der Waals surface area contributed by atoms with Gasteiger partial charge in [-0.05, 0) is 50.3 Å². The van der Waals surface area contributed by atoms with Gasteiger partial charge < -0.3 is 10.1 Å². The van der Waals surface area contributed by atoms with Gasteiger partial charge in [-0.3, -0.25) is 9.59 Å². The van der Waals surface area contributed by atoms with Crippen LogP contribution in [0.4, 0.5) is 5.69 Å². The summed E-state index contributed by atoms with van der Waals surface area (Å²) in [5.74, 6) is 0.413. The molecule has 0 bridgehead atoms. The van der Waals surface area contributed by atoms with Crippen LogP contribution in [0.5, 0.6) is 5.75 Å². The molecule has 25 heavy (non-hydrogen) atoms. The van der Waals surface area contributed by atoms with Crippen LogP contribution in [0.3, 0.4) is 0 Å². The molecule has 0 saturated heterocycles. The Morgan fingerprint density at radius 1 is 1.28 bits per heavy atom. The third-order valence-corrected chi connectivity index (χ3v) is 4.23. The summed E-state index contributed by atoms with van der Waals surface area (Å²) < 4.78 is 7.27. The maximum Gasteiger partial charge on any atom is 0.276 e. The standard InChI is InChI=1S/C19H23N3O3/c1-2-12-22-18(23)11-10-17(21-22)19(24)20-14-6-5-9-16(13-14)25-15-7-3-4-8-15/h5-6,9-11,13,15H,2-4,7-8,12H2,1H3,(H,20,24). The fourth-order valence-electron chi connectivity index (χ4n) is 2.98. The van der Waals surface area contributed by atoms with Crippen LogP contribution in [-0.4, -0.2) is 21.8 Å². The molecule has 1 N–H and O–H groups in total. The molecule has 2 aromatic rings. The van der Waals surface area contributed by atoms with E-state index in [9.17, 15) is 9.59 Å². The molecule has 1 aromatic carbocycles. The normalized spacial score (nSPS) is 14.4. The van der Waals surface area contributed by atoms with Gasteiger partial charge in [0.15, 0.2) is 0 Å². The second-order valence-electron chi connectivity index (χ2n) is 6.29. The number of anilines is 1. The number of aromatic nitrogens is 2. The molecule has 1 saturated carbocycles. The Morgan fingerprint density at radius 2 is 2.08 bits per heavy atom. The average molecular weight is 341 g/mol. The van der Waals surface area contributed by atoms with E-state index in [1.807, 2.05) is 31.2 Å². The van der Waals surface area contributed by atoms with Crippen molar-refractivity contribution in [2.75, 3.05) is 5.32 Å². The monoisotopic (exact) mass is 341 g/mol. The summed E-state index contributed by atoms with van der Waals surface area (Å²) in [7, 11) is 0. The van der Waals surface area contributed by atoms with E-state index >= 15 is 0 Å². The molecule has 6 nitrogen and oxygen atoms in total. The fraction of sp³-hybridized carbons (Fsp3) is 0.421. The Bertz CT molecular complexity index is 794. The van der Waals surface area contributed by atoms with Gasteiger partial charge in [0, 0.05) is 24.4 Å². The smallest absolute Gasteiger partial charge is 0.276 e. The highest BCUT2D eigenvalue weighted by atomic mass is 16.5. The first kappa shape index (κ1) is 17.2. The van der Waals surface area contributed by atoms with Crippen molar-refractivity contribution in [2.24, 2.45) is 0 Å². The number of rotatable bonds is 6. The predicted molar refractivity (Wildman–Crippen MR) is 96.1 cm³/mol. The van der Waals surface area contributed by atoms with E-state index in [2.05, 4.69) is 10.4 Å². The summed E-state index contributed by atoms with van der Waals surface area (Å²) in [5, 5.41) is 6.94. The van der Waals surface area contributed by atoms with Crippen molar-refractivity contribution in [3.8, 4) is 5.75 Å². The molecule has 1 aromatic heterocycles. The number of carbonyl (C=O) groups excluding carboxylic acids is 1. The van der Waals surface area contributed by atoms with Gasteiger partial charge in [0.2, 0.25) is 0 Å². The summed E-state index contributed by atoms with van der Waals surface area (Å²) in [4.78, 5) is 24.1. The minimum absolute atomic E-state index is 0.203. The topological polar surface area (TPSA) is 73.2 Å². The summed E-state index contributed by atoms with van der Waals surface area (Å²) >= 11 is 0. The number of hydrogen-bond donors (Lipinski definition) is 1. The van der Waals surface area contributed by atoms with Gasteiger partial charge in [0.05, 0.1) is 6.10 Å². The summed E-state index contributed by atoms with van der Waals surface area (Å²) in [5.41, 5.74) is 0.663. The van der Waals surface area contributed by atoms with Gasteiger partial charge in [0.25, 0.3) is 11.5 Å². The lowest BCUT2D eigenvalue weighted by Crippen LogP contribution is -2.26. The number of aryl methyl sites for hydroxylation is 1. The molecule has 6 heteroatoms. The third kappa shape index (κ3) is 4.47. The molecule has 1 fully saturated rings. The maximum atomic E-state index is 12.4. The van der Waals surface area contributed by atoms with Gasteiger partial charge in [-0.25, -0.2) is 4.68 Å². The van der Waals surface area contributed by atoms with Crippen LogP contribution >= 0.6 is 0 Å². The van der Waals surface area contributed by atoms with Crippen molar-refractivity contribution in [3.63, 3.8) is 0 Å². The van der Waals surface area contributed by atoms with E-state index in [-0.39, 0.29) is 23.3 Å². The van der Waals surface area contributed by atoms with Gasteiger partial charge >= 0.3 is 0 Å². The molecule has 0 spiro atoms. The summed E-state index contributed by atoms with van der Waals surface area (Å²) in [6, 6.07) is 10.2. The minimum Gasteiger partial charge on any atom is -0.490 e. The minimum atomic E-state index is -0.345. The van der Waals surface area contributed by atoms with Gasteiger partial charge in [-0.15, -0.1) is 0 Å². The van der Waals surface area contributed by atoms with Crippen molar-refractivity contribution in [1.29, 1.82) is 0 Å². The lowest BCUT2D eigenvalue weighted by molar-refractivity contribution is 0.101. The molecular weight excluding hydrogens is 318 g/mol. The van der Waals surface area contributed by atoms with Crippen LogP contribution in [0.2, 0.25) is 0 Å². The second kappa shape index (κ2) is 7.96. The molecular formula is C19H23N3O3. The lowest BCUT2D eigenvalue weighted by Gasteiger charge is -2.14. The highest BCUT2D eigenvalue weighted by molar-refractivity contribution is 6.02. The second-order valence-corrected chi connectivity index (χ2v) is 6.29. The van der Waals surface area contributed by atoms with E-state index in [4.69, 9.17) is 4.74 Å². The van der Waals surface area contributed by atoms with Gasteiger partial charge in [0.1, 0.15) is 11.4 Å². The largest absolute Gasteiger partial charge is 0.490 e. The number of hydrogen-bond acceptors (Lipinski definition) is 4. The number of ether oxygens (including phenoxy) is 1. The lowest BCUT2D eigenvalue weighted by atomic mass is 10.2. The summed E-state index contributed by atoms with van der Waals surface area (Å²) in [6.07, 6.45) is 5.63. The van der Waals surface area contributed by atoms with Crippen LogP contribution in [0, 0.1) is 0 Å². The van der Waals surface area contributed by atoms with Crippen molar-refractivity contribution in [3.05, 3.63) is 52.4 Å². The zero-order valence-electron chi connectivity index (χ0n) is 14.4. The van der Waals surface area contributed by atoms with Crippen molar-refractivity contribution < 1.29 is 9.53 Å². The Kier molecular flexibility index (Phi) is 5.48. The number of benzene rings is 1. The predicted octanol–water partition coefficient (Wildman–Crippen LogP) is 3.23. The Balaban J connectivity index is 1.70. The van der Waals surface area contributed by atoms with E-state index in [0.717, 1.165) is 25.0 Å². The molecule has 1 aliphatic rings. The molecule has 1 amide bonds. The first-order valence-corrected chi connectivity index (χ1v) is 8.82. The highest BCUT2D eigenvalue weighted by Crippen LogP contribution is 2.25. The zero-order chi connectivity index (χ0) is 17.6. The third-order valence-electron chi connectivity index (χ3n) is 4.23. The van der Waals surface area contributed by atoms with Crippen molar-refractivity contribution in [1.82, 2.24) is 9.78 Å². The molecule has 1 heterocycles. The van der Waals surface area contributed by atoms with E-state index in [0.29, 0.717) is 12.2 Å². The van der Waals surface area contributed by atoms with E-state index in [1.54, 1.807) is 0 Å². The van der Waals surface area contributed by atoms with Crippen molar-refractivity contribution >= 4 is 11.6 Å². The molecule has 132 valence electrons.